The van der Waals surface area contributed by atoms with Crippen LogP contribution >= 0.6 is 11.8 Å². The summed E-state index contributed by atoms with van der Waals surface area (Å²) in [5.74, 6) is 0.971. The smallest absolute Gasteiger partial charge is 0.242 e. The quantitative estimate of drug-likeness (QED) is 0.796. The Balaban J connectivity index is 2.92. The molecule has 0 aromatic heterocycles. The van der Waals surface area contributed by atoms with Crippen LogP contribution in [0.4, 0.5) is 0 Å². The molecule has 4 nitrogen and oxygen atoms in total. The zero-order chi connectivity index (χ0) is 12.9. The number of nitrogens with two attached hydrogens (primary N) is 1. The number of thioether (sulfide) groups is 1. The van der Waals surface area contributed by atoms with Crippen LogP contribution in [0.1, 0.15) is 6.92 Å². The van der Waals surface area contributed by atoms with E-state index in [1.54, 1.807) is 23.9 Å². The van der Waals surface area contributed by atoms with Crippen LogP contribution in [0, 0.1) is 0 Å². The van der Waals surface area contributed by atoms with Crippen molar-refractivity contribution in [2.75, 3.05) is 25.9 Å². The molecule has 2 N–H and O–H groups in total. The van der Waals surface area contributed by atoms with Crippen molar-refractivity contribution in [3.8, 4) is 0 Å². The van der Waals surface area contributed by atoms with E-state index in [0.29, 0.717) is 18.0 Å². The molecular formula is C11H18N2O2S2. The molecule has 0 atom stereocenters. The molecule has 0 aliphatic rings. The lowest BCUT2D eigenvalue weighted by molar-refractivity contribution is 0.476. The second kappa shape index (κ2) is 6.39. The van der Waals surface area contributed by atoms with Crippen LogP contribution in [0.25, 0.3) is 0 Å². The van der Waals surface area contributed by atoms with Gasteiger partial charge in [-0.1, -0.05) is 6.92 Å². The first-order valence-electron chi connectivity index (χ1n) is 5.41. The van der Waals surface area contributed by atoms with Crippen molar-refractivity contribution in [1.29, 1.82) is 0 Å². The van der Waals surface area contributed by atoms with Crippen molar-refractivity contribution in [2.45, 2.75) is 16.7 Å². The van der Waals surface area contributed by atoms with Crippen LogP contribution in [0.15, 0.2) is 34.1 Å². The molecule has 17 heavy (non-hydrogen) atoms. The van der Waals surface area contributed by atoms with Gasteiger partial charge in [0, 0.05) is 25.0 Å². The molecule has 0 heterocycles. The summed E-state index contributed by atoms with van der Waals surface area (Å²) < 4.78 is 25.4. The van der Waals surface area contributed by atoms with Crippen molar-refractivity contribution in [3.05, 3.63) is 24.3 Å². The maximum Gasteiger partial charge on any atom is 0.242 e. The highest BCUT2D eigenvalue weighted by molar-refractivity contribution is 7.99. The van der Waals surface area contributed by atoms with Crippen LogP contribution < -0.4 is 5.73 Å². The average molecular weight is 274 g/mol. The Hall–Kier alpha value is -0.560. The predicted molar refractivity (Wildman–Crippen MR) is 71.7 cm³/mol. The second-order valence-corrected chi connectivity index (χ2v) is 6.90. The van der Waals surface area contributed by atoms with Crippen LogP contribution in [-0.4, -0.2) is 38.6 Å². The summed E-state index contributed by atoms with van der Waals surface area (Å²) in [7, 11) is -1.85. The predicted octanol–water partition coefficient (Wildman–Crippen LogP) is 1.38. The summed E-state index contributed by atoms with van der Waals surface area (Å²) in [6.45, 7) is 2.71. The van der Waals surface area contributed by atoms with Crippen molar-refractivity contribution in [1.82, 2.24) is 4.31 Å². The molecule has 1 aromatic carbocycles. The molecule has 0 radical (unpaired) electrons. The van der Waals surface area contributed by atoms with E-state index in [0.717, 1.165) is 10.6 Å². The Bertz CT molecular complexity index is 443. The van der Waals surface area contributed by atoms with Crippen LogP contribution in [-0.2, 0) is 10.0 Å². The fourth-order valence-corrected chi connectivity index (χ4v) is 3.20. The number of nitrogens with zero attached hydrogens (tertiary/aromatic N) is 1. The van der Waals surface area contributed by atoms with Gasteiger partial charge in [0.05, 0.1) is 4.90 Å². The van der Waals surface area contributed by atoms with E-state index in [2.05, 4.69) is 6.92 Å². The first-order chi connectivity index (χ1) is 8.02. The van der Waals surface area contributed by atoms with E-state index in [1.165, 1.54) is 11.4 Å². The highest BCUT2D eigenvalue weighted by Crippen LogP contribution is 2.21. The summed E-state index contributed by atoms with van der Waals surface area (Å²) in [5.41, 5.74) is 5.36. The highest BCUT2D eigenvalue weighted by atomic mass is 32.2. The summed E-state index contributed by atoms with van der Waals surface area (Å²) in [6, 6.07) is 6.94. The molecule has 0 saturated carbocycles. The summed E-state index contributed by atoms with van der Waals surface area (Å²) in [5, 5.41) is 0. The van der Waals surface area contributed by atoms with Gasteiger partial charge in [-0.2, -0.15) is 4.31 Å². The molecule has 0 aliphatic carbocycles. The third-order valence-corrected chi connectivity index (χ3v) is 5.05. The lowest BCUT2D eigenvalue weighted by Gasteiger charge is -2.16. The van der Waals surface area contributed by atoms with Gasteiger partial charge >= 0.3 is 0 Å². The molecule has 0 aliphatic heterocycles. The van der Waals surface area contributed by atoms with Crippen molar-refractivity contribution >= 4 is 21.8 Å². The Morgan fingerprint density at radius 2 is 1.88 bits per heavy atom. The van der Waals surface area contributed by atoms with Gasteiger partial charge < -0.3 is 5.73 Å². The lowest BCUT2D eigenvalue weighted by Crippen LogP contribution is -2.31. The molecule has 0 bridgehead atoms. The van der Waals surface area contributed by atoms with Gasteiger partial charge in [0.25, 0.3) is 0 Å². The third kappa shape index (κ3) is 3.70. The van der Waals surface area contributed by atoms with Crippen molar-refractivity contribution in [2.24, 2.45) is 5.73 Å². The molecule has 96 valence electrons. The largest absolute Gasteiger partial charge is 0.329 e. The van der Waals surface area contributed by atoms with E-state index in [1.807, 2.05) is 12.1 Å². The van der Waals surface area contributed by atoms with E-state index in [9.17, 15) is 8.42 Å². The fraction of sp³-hybridized carbons (Fsp3) is 0.455. The van der Waals surface area contributed by atoms with Crippen LogP contribution in [0.2, 0.25) is 0 Å². The van der Waals surface area contributed by atoms with E-state index >= 15 is 0 Å². The molecule has 0 amide bonds. The number of sulfonamides is 1. The molecule has 0 fully saturated rings. The number of hydrogen-bond acceptors (Lipinski definition) is 4. The van der Waals surface area contributed by atoms with Crippen LogP contribution in [0.3, 0.4) is 0 Å². The topological polar surface area (TPSA) is 63.4 Å². The Labute approximate surface area is 107 Å². The molecule has 1 aromatic rings. The van der Waals surface area contributed by atoms with Gasteiger partial charge in [0.15, 0.2) is 0 Å². The maximum absolute atomic E-state index is 12.1. The van der Waals surface area contributed by atoms with Crippen molar-refractivity contribution in [3.63, 3.8) is 0 Å². The van der Waals surface area contributed by atoms with E-state index in [-0.39, 0.29) is 0 Å². The third-order valence-electron chi connectivity index (χ3n) is 2.29. The first kappa shape index (κ1) is 14.5. The molecule has 0 saturated heterocycles. The van der Waals surface area contributed by atoms with Gasteiger partial charge in [0.2, 0.25) is 10.0 Å². The number of rotatable bonds is 6. The Morgan fingerprint density at radius 1 is 1.29 bits per heavy atom. The van der Waals surface area contributed by atoms with Crippen LogP contribution in [0.5, 0.6) is 0 Å². The standard InChI is InChI=1S/C11H18N2O2S2/c1-3-16-10-4-6-11(7-5-10)17(14,15)13(2)9-8-12/h4-7H,3,8-9,12H2,1-2H3. The molecular weight excluding hydrogens is 256 g/mol. The molecule has 1 rings (SSSR count). The lowest BCUT2D eigenvalue weighted by atomic mass is 10.4. The number of likely N-dealkylation sites (N-methyl/N-ethyl adjacent to an activating group) is 1. The first-order valence-corrected chi connectivity index (χ1v) is 7.84. The minimum absolute atomic E-state index is 0.314. The van der Waals surface area contributed by atoms with Gasteiger partial charge in [-0.3, -0.25) is 0 Å². The Kier molecular flexibility index (Phi) is 5.45. The van der Waals surface area contributed by atoms with Gasteiger partial charge in [-0.05, 0) is 30.0 Å². The van der Waals surface area contributed by atoms with Gasteiger partial charge in [0.1, 0.15) is 0 Å². The SMILES string of the molecule is CCSc1ccc(S(=O)(=O)N(C)CCN)cc1. The summed E-state index contributed by atoms with van der Waals surface area (Å²) in [4.78, 5) is 1.39. The number of hydrogen-bond donors (Lipinski definition) is 1. The summed E-state index contributed by atoms with van der Waals surface area (Å²) >= 11 is 1.68. The highest BCUT2D eigenvalue weighted by Gasteiger charge is 2.19. The second-order valence-electron chi connectivity index (χ2n) is 3.52. The monoisotopic (exact) mass is 274 g/mol. The minimum atomic E-state index is -3.39. The Morgan fingerprint density at radius 3 is 2.35 bits per heavy atom. The molecule has 6 heteroatoms. The normalized spacial score (nSPS) is 12.0. The van der Waals surface area contributed by atoms with Crippen molar-refractivity contribution < 1.29 is 8.42 Å². The molecule has 0 unspecified atom stereocenters. The average Bonchev–Trinajstić information content (AvgIpc) is 2.30. The van der Waals surface area contributed by atoms with Gasteiger partial charge in [-0.15, -0.1) is 11.8 Å². The molecule has 0 spiro atoms. The fourth-order valence-electron chi connectivity index (χ4n) is 1.36. The zero-order valence-electron chi connectivity index (χ0n) is 10.1. The maximum atomic E-state index is 12.1. The zero-order valence-corrected chi connectivity index (χ0v) is 11.7. The van der Waals surface area contributed by atoms with E-state index in [4.69, 9.17) is 5.73 Å². The summed E-state index contributed by atoms with van der Waals surface area (Å²) in [6.07, 6.45) is 0. The number of benzene rings is 1. The van der Waals surface area contributed by atoms with E-state index < -0.39 is 10.0 Å². The minimum Gasteiger partial charge on any atom is -0.329 e. The van der Waals surface area contributed by atoms with Gasteiger partial charge in [-0.25, -0.2) is 8.42 Å².